The molecule has 1 aliphatic rings. The highest BCUT2D eigenvalue weighted by molar-refractivity contribution is 6.02. The van der Waals surface area contributed by atoms with Gasteiger partial charge in [0.1, 0.15) is 0 Å². The summed E-state index contributed by atoms with van der Waals surface area (Å²) in [4.78, 5) is 28.2. The van der Waals surface area contributed by atoms with Crippen molar-refractivity contribution in [2.24, 2.45) is 4.99 Å². The summed E-state index contributed by atoms with van der Waals surface area (Å²) in [7, 11) is 2.14. The Morgan fingerprint density at radius 2 is 1.85 bits per heavy atom. The molecule has 2 aromatic carbocycles. The molecule has 34 heavy (non-hydrogen) atoms. The Labute approximate surface area is 197 Å². The summed E-state index contributed by atoms with van der Waals surface area (Å²) in [5, 5.41) is 11.6. The molecular formula is C26H26N6O2. The van der Waals surface area contributed by atoms with Crippen LogP contribution in [0.2, 0.25) is 0 Å². The summed E-state index contributed by atoms with van der Waals surface area (Å²) in [6, 6.07) is 13.6. The predicted molar refractivity (Wildman–Crippen MR) is 137 cm³/mol. The normalized spacial score (nSPS) is 15.1. The molecule has 1 aliphatic heterocycles. The molecule has 1 fully saturated rings. The second kappa shape index (κ2) is 9.36. The molecule has 2 aromatic heterocycles. The smallest absolute Gasteiger partial charge is 0.258 e. The molecule has 8 nitrogen and oxygen atoms in total. The standard InChI is InChI=1S/C26H26N6O2/c1-30-12-14-32(15-13-30)21-5-3-20(4-6-21)28-17-24-23-16-19(8-10-31-11-9-27-18-31)2-7-22(23)25(33)29-26(24)34/h2-11,16-18H,12-15H2,1H3,(H2,29,33,34). The molecule has 0 aliphatic carbocycles. The van der Waals surface area contributed by atoms with E-state index in [4.69, 9.17) is 0 Å². The van der Waals surface area contributed by atoms with Crippen LogP contribution in [-0.2, 0) is 0 Å². The number of aromatic amines is 1. The number of aliphatic imine (C=N–C) groups is 1. The van der Waals surface area contributed by atoms with Gasteiger partial charge in [-0.25, -0.2) is 4.98 Å². The van der Waals surface area contributed by atoms with Gasteiger partial charge in [0.05, 0.1) is 17.6 Å². The number of piperazine rings is 1. The fourth-order valence-electron chi connectivity index (χ4n) is 4.07. The van der Waals surface area contributed by atoms with Crippen LogP contribution in [0, 0.1) is 0 Å². The zero-order valence-electron chi connectivity index (χ0n) is 18.9. The average molecular weight is 455 g/mol. The Balaban J connectivity index is 1.43. The molecule has 5 rings (SSSR count). The third kappa shape index (κ3) is 4.62. The van der Waals surface area contributed by atoms with Crippen LogP contribution in [-0.4, -0.2) is 64.0 Å². The molecule has 1 saturated heterocycles. The van der Waals surface area contributed by atoms with Crippen molar-refractivity contribution in [2.75, 3.05) is 38.1 Å². The van der Waals surface area contributed by atoms with Crippen LogP contribution in [0.4, 0.5) is 11.4 Å². The third-order valence-electron chi connectivity index (χ3n) is 6.09. The molecule has 2 N–H and O–H groups in total. The maximum atomic E-state index is 12.4. The SMILES string of the molecule is CN1CCN(c2ccc(N=Cc3c(O)[nH]c(=O)c4ccc(C=Cn5ccnc5)cc34)cc2)CC1. The average Bonchev–Trinajstić information content (AvgIpc) is 3.37. The topological polar surface area (TPSA) is 89.8 Å². The van der Waals surface area contributed by atoms with E-state index in [0.29, 0.717) is 16.3 Å². The predicted octanol–water partition coefficient (Wildman–Crippen LogP) is 3.56. The molecule has 4 aromatic rings. The first-order valence-electron chi connectivity index (χ1n) is 11.2. The van der Waals surface area contributed by atoms with E-state index < -0.39 is 0 Å². The van der Waals surface area contributed by atoms with Gasteiger partial charge in [-0.05, 0) is 55.1 Å². The lowest BCUT2D eigenvalue weighted by atomic mass is 10.0. The molecule has 0 spiro atoms. The molecule has 0 unspecified atom stereocenters. The summed E-state index contributed by atoms with van der Waals surface area (Å²) in [6.45, 7) is 4.12. The molecule has 3 heterocycles. The van der Waals surface area contributed by atoms with Crippen molar-refractivity contribution in [3.63, 3.8) is 0 Å². The minimum absolute atomic E-state index is 0.203. The second-order valence-electron chi connectivity index (χ2n) is 8.41. The van der Waals surface area contributed by atoms with Crippen LogP contribution in [0.1, 0.15) is 11.1 Å². The van der Waals surface area contributed by atoms with Crippen molar-refractivity contribution in [1.82, 2.24) is 19.4 Å². The zero-order chi connectivity index (χ0) is 23.5. The lowest BCUT2D eigenvalue weighted by molar-refractivity contribution is 0.313. The lowest BCUT2D eigenvalue weighted by Crippen LogP contribution is -2.44. The Hall–Kier alpha value is -4.17. The summed E-state index contributed by atoms with van der Waals surface area (Å²) >= 11 is 0. The van der Waals surface area contributed by atoms with Crippen LogP contribution in [0.15, 0.2) is 71.0 Å². The van der Waals surface area contributed by atoms with E-state index in [-0.39, 0.29) is 11.4 Å². The maximum Gasteiger partial charge on any atom is 0.258 e. The summed E-state index contributed by atoms with van der Waals surface area (Å²) < 4.78 is 1.83. The van der Waals surface area contributed by atoms with E-state index in [1.165, 1.54) is 5.69 Å². The van der Waals surface area contributed by atoms with Gasteiger partial charge in [-0.1, -0.05) is 6.07 Å². The van der Waals surface area contributed by atoms with Crippen molar-refractivity contribution < 1.29 is 5.11 Å². The number of pyridine rings is 1. The highest BCUT2D eigenvalue weighted by atomic mass is 16.3. The third-order valence-corrected chi connectivity index (χ3v) is 6.09. The number of aromatic nitrogens is 3. The van der Waals surface area contributed by atoms with Gasteiger partial charge in [-0.2, -0.15) is 0 Å². The fourth-order valence-corrected chi connectivity index (χ4v) is 4.07. The number of hydrogen-bond donors (Lipinski definition) is 2. The van der Waals surface area contributed by atoms with Crippen molar-refractivity contribution in [2.45, 2.75) is 0 Å². The first-order chi connectivity index (χ1) is 16.6. The van der Waals surface area contributed by atoms with Crippen LogP contribution in [0.5, 0.6) is 5.88 Å². The number of anilines is 1. The summed E-state index contributed by atoms with van der Waals surface area (Å²) in [6.07, 6.45) is 10.6. The molecule has 0 atom stereocenters. The van der Waals surface area contributed by atoms with Crippen molar-refractivity contribution in [3.05, 3.63) is 82.7 Å². The van der Waals surface area contributed by atoms with Gasteiger partial charge in [0.2, 0.25) is 5.88 Å². The van der Waals surface area contributed by atoms with E-state index in [0.717, 1.165) is 37.4 Å². The van der Waals surface area contributed by atoms with E-state index in [2.05, 4.69) is 43.9 Å². The van der Waals surface area contributed by atoms with E-state index in [9.17, 15) is 9.90 Å². The number of likely N-dealkylation sites (N-methyl/N-ethyl adjacent to an activating group) is 1. The minimum atomic E-state index is -0.341. The Morgan fingerprint density at radius 3 is 2.59 bits per heavy atom. The summed E-state index contributed by atoms with van der Waals surface area (Å²) in [5.74, 6) is -0.203. The number of hydrogen-bond acceptors (Lipinski definition) is 6. The summed E-state index contributed by atoms with van der Waals surface area (Å²) in [5.41, 5.74) is 2.96. The second-order valence-corrected chi connectivity index (χ2v) is 8.41. The van der Waals surface area contributed by atoms with Crippen molar-refractivity contribution in [1.29, 1.82) is 0 Å². The largest absolute Gasteiger partial charge is 0.494 e. The molecule has 0 bridgehead atoms. The maximum absolute atomic E-state index is 12.4. The monoisotopic (exact) mass is 454 g/mol. The van der Waals surface area contributed by atoms with Crippen molar-refractivity contribution in [3.8, 4) is 5.88 Å². The zero-order valence-corrected chi connectivity index (χ0v) is 18.9. The minimum Gasteiger partial charge on any atom is -0.494 e. The molecule has 0 amide bonds. The van der Waals surface area contributed by atoms with Gasteiger partial charge < -0.3 is 19.5 Å². The highest BCUT2D eigenvalue weighted by Gasteiger charge is 2.14. The van der Waals surface area contributed by atoms with E-state index in [1.54, 1.807) is 24.8 Å². The first kappa shape index (κ1) is 21.7. The number of benzene rings is 2. The number of nitrogens with one attached hydrogen (secondary N) is 1. The van der Waals surface area contributed by atoms with E-state index in [1.807, 2.05) is 47.3 Å². The number of aromatic hydroxyl groups is 1. The van der Waals surface area contributed by atoms with Crippen LogP contribution >= 0.6 is 0 Å². The number of nitrogens with zero attached hydrogens (tertiary/aromatic N) is 5. The molecule has 8 heteroatoms. The number of rotatable bonds is 5. The van der Waals surface area contributed by atoms with Crippen molar-refractivity contribution >= 4 is 40.6 Å². The van der Waals surface area contributed by atoms with Crippen LogP contribution < -0.4 is 10.5 Å². The van der Waals surface area contributed by atoms with Gasteiger partial charge >= 0.3 is 0 Å². The Kier molecular flexibility index (Phi) is 5.97. The quantitative estimate of drug-likeness (QED) is 0.450. The van der Waals surface area contributed by atoms with Gasteiger partial charge in [0.25, 0.3) is 5.56 Å². The number of fused-ring (bicyclic) bond motifs is 1. The lowest BCUT2D eigenvalue weighted by Gasteiger charge is -2.34. The van der Waals surface area contributed by atoms with Gasteiger partial charge in [0.15, 0.2) is 0 Å². The van der Waals surface area contributed by atoms with Crippen LogP contribution in [0.3, 0.4) is 0 Å². The number of imidazole rings is 1. The van der Waals surface area contributed by atoms with Crippen LogP contribution in [0.25, 0.3) is 23.0 Å². The van der Waals surface area contributed by atoms with Gasteiger partial charge in [-0.3, -0.25) is 14.8 Å². The van der Waals surface area contributed by atoms with Gasteiger partial charge in [-0.15, -0.1) is 0 Å². The molecule has 0 saturated carbocycles. The molecule has 0 radical (unpaired) electrons. The fraction of sp³-hybridized carbons (Fsp3) is 0.192. The molecular weight excluding hydrogens is 428 g/mol. The molecule has 172 valence electrons. The first-order valence-corrected chi connectivity index (χ1v) is 11.2. The highest BCUT2D eigenvalue weighted by Crippen LogP contribution is 2.25. The Morgan fingerprint density at radius 1 is 1.06 bits per heavy atom. The number of H-pyrrole nitrogens is 1. The van der Waals surface area contributed by atoms with E-state index >= 15 is 0 Å². The van der Waals surface area contributed by atoms with Gasteiger partial charge in [0, 0.05) is 67.4 Å². The Bertz CT molecular complexity index is 1400.